The maximum absolute atomic E-state index is 4.20. The van der Waals surface area contributed by atoms with Crippen molar-refractivity contribution >= 4 is 16.6 Å². The molecule has 0 radical (unpaired) electrons. The van der Waals surface area contributed by atoms with Crippen LogP contribution in [0.3, 0.4) is 0 Å². The SMILES string of the molecule is c1cc(CCNc2ccncn2)c2cnccc2c1. The van der Waals surface area contributed by atoms with Crippen molar-refractivity contribution in [2.75, 3.05) is 11.9 Å². The molecule has 0 aliphatic carbocycles. The van der Waals surface area contributed by atoms with Gasteiger partial charge in [0.1, 0.15) is 12.1 Å². The van der Waals surface area contributed by atoms with E-state index in [1.54, 1.807) is 12.5 Å². The molecule has 0 spiro atoms. The lowest BCUT2D eigenvalue weighted by Gasteiger charge is -2.07. The lowest BCUT2D eigenvalue weighted by Crippen LogP contribution is -2.06. The van der Waals surface area contributed by atoms with Gasteiger partial charge in [-0.15, -0.1) is 0 Å². The van der Waals surface area contributed by atoms with Crippen LogP contribution in [0.15, 0.2) is 55.2 Å². The standard InChI is InChI=1S/C15H14N4/c1-2-12-4-7-16-10-14(12)13(3-1)5-9-18-15-6-8-17-11-19-15/h1-4,6-8,10-11H,5,9H2,(H,17,18,19). The lowest BCUT2D eigenvalue weighted by atomic mass is 10.0. The monoisotopic (exact) mass is 250 g/mol. The molecule has 0 aliphatic rings. The van der Waals surface area contributed by atoms with Gasteiger partial charge in [-0.3, -0.25) is 4.98 Å². The third kappa shape index (κ3) is 2.68. The molecule has 0 amide bonds. The zero-order valence-electron chi connectivity index (χ0n) is 10.5. The summed E-state index contributed by atoms with van der Waals surface area (Å²) in [7, 11) is 0. The van der Waals surface area contributed by atoms with Gasteiger partial charge in [0.05, 0.1) is 0 Å². The Balaban J connectivity index is 1.72. The van der Waals surface area contributed by atoms with Gasteiger partial charge in [0, 0.05) is 30.5 Å². The Kier molecular flexibility index (Phi) is 3.32. The number of nitrogens with one attached hydrogen (secondary N) is 1. The molecule has 94 valence electrons. The molecule has 4 nitrogen and oxygen atoms in total. The Labute approximate surface area is 111 Å². The van der Waals surface area contributed by atoms with Gasteiger partial charge in [0.2, 0.25) is 0 Å². The minimum Gasteiger partial charge on any atom is -0.370 e. The zero-order chi connectivity index (χ0) is 12.9. The molecular weight excluding hydrogens is 236 g/mol. The van der Waals surface area contributed by atoms with E-state index in [-0.39, 0.29) is 0 Å². The highest BCUT2D eigenvalue weighted by Gasteiger charge is 2.00. The number of benzene rings is 1. The minimum atomic E-state index is 0.838. The summed E-state index contributed by atoms with van der Waals surface area (Å²) in [5.74, 6) is 0.855. The Morgan fingerprint density at radius 2 is 1.95 bits per heavy atom. The summed E-state index contributed by atoms with van der Waals surface area (Å²) in [5, 5.41) is 5.73. The number of hydrogen-bond donors (Lipinski definition) is 1. The van der Waals surface area contributed by atoms with Crippen molar-refractivity contribution in [2.45, 2.75) is 6.42 Å². The molecule has 2 heterocycles. The van der Waals surface area contributed by atoms with Gasteiger partial charge in [-0.25, -0.2) is 9.97 Å². The zero-order valence-corrected chi connectivity index (χ0v) is 10.5. The molecule has 4 heteroatoms. The molecule has 0 bridgehead atoms. The predicted molar refractivity (Wildman–Crippen MR) is 76.0 cm³/mol. The summed E-state index contributed by atoms with van der Waals surface area (Å²) in [5.41, 5.74) is 1.30. The summed E-state index contributed by atoms with van der Waals surface area (Å²) < 4.78 is 0. The van der Waals surface area contributed by atoms with Crippen LogP contribution in [-0.4, -0.2) is 21.5 Å². The Bertz CT molecular complexity index is 662. The van der Waals surface area contributed by atoms with E-state index < -0.39 is 0 Å². The fourth-order valence-corrected chi connectivity index (χ4v) is 2.12. The van der Waals surface area contributed by atoms with Crippen LogP contribution in [0.1, 0.15) is 5.56 Å². The van der Waals surface area contributed by atoms with Crippen LogP contribution in [0, 0.1) is 0 Å². The number of aromatic nitrogens is 3. The van der Waals surface area contributed by atoms with E-state index in [2.05, 4.69) is 38.5 Å². The van der Waals surface area contributed by atoms with E-state index >= 15 is 0 Å². The molecule has 19 heavy (non-hydrogen) atoms. The number of fused-ring (bicyclic) bond motifs is 1. The Hall–Kier alpha value is -2.49. The summed E-state index contributed by atoms with van der Waals surface area (Å²) in [6.07, 6.45) is 7.97. The van der Waals surface area contributed by atoms with Crippen molar-refractivity contribution in [3.63, 3.8) is 0 Å². The van der Waals surface area contributed by atoms with Crippen LogP contribution in [0.5, 0.6) is 0 Å². The molecule has 0 aliphatic heterocycles. The van der Waals surface area contributed by atoms with Crippen LogP contribution in [0.4, 0.5) is 5.82 Å². The summed E-state index contributed by atoms with van der Waals surface area (Å²) in [6.45, 7) is 0.838. The van der Waals surface area contributed by atoms with Gasteiger partial charge in [-0.05, 0) is 29.5 Å². The first-order chi connectivity index (χ1) is 9.43. The molecule has 0 unspecified atom stereocenters. The molecule has 0 atom stereocenters. The average molecular weight is 250 g/mol. The van der Waals surface area contributed by atoms with Crippen molar-refractivity contribution in [3.05, 3.63) is 60.8 Å². The Morgan fingerprint density at radius 3 is 2.84 bits per heavy atom. The van der Waals surface area contributed by atoms with E-state index in [9.17, 15) is 0 Å². The van der Waals surface area contributed by atoms with E-state index in [4.69, 9.17) is 0 Å². The van der Waals surface area contributed by atoms with Gasteiger partial charge in [-0.1, -0.05) is 18.2 Å². The number of pyridine rings is 1. The molecule has 3 aromatic rings. The van der Waals surface area contributed by atoms with Crippen molar-refractivity contribution in [2.24, 2.45) is 0 Å². The maximum atomic E-state index is 4.20. The number of hydrogen-bond acceptors (Lipinski definition) is 4. The average Bonchev–Trinajstić information content (AvgIpc) is 2.49. The first-order valence-electron chi connectivity index (χ1n) is 6.25. The predicted octanol–water partition coefficient (Wildman–Crippen LogP) is 2.68. The largest absolute Gasteiger partial charge is 0.370 e. The second kappa shape index (κ2) is 5.44. The highest BCUT2D eigenvalue weighted by molar-refractivity contribution is 5.84. The summed E-state index contributed by atoms with van der Waals surface area (Å²) in [4.78, 5) is 12.2. The van der Waals surface area contributed by atoms with Crippen LogP contribution < -0.4 is 5.32 Å². The van der Waals surface area contributed by atoms with Crippen molar-refractivity contribution in [1.82, 2.24) is 15.0 Å². The molecular formula is C15H14N4. The molecule has 2 aromatic heterocycles. The third-order valence-corrected chi connectivity index (χ3v) is 3.06. The van der Waals surface area contributed by atoms with Crippen LogP contribution in [0.2, 0.25) is 0 Å². The highest BCUT2D eigenvalue weighted by atomic mass is 15.0. The number of rotatable bonds is 4. The molecule has 0 fully saturated rings. The number of anilines is 1. The van der Waals surface area contributed by atoms with Gasteiger partial charge in [0.15, 0.2) is 0 Å². The van der Waals surface area contributed by atoms with Gasteiger partial charge < -0.3 is 5.32 Å². The van der Waals surface area contributed by atoms with Gasteiger partial charge >= 0.3 is 0 Å². The van der Waals surface area contributed by atoms with Crippen molar-refractivity contribution in [3.8, 4) is 0 Å². The summed E-state index contributed by atoms with van der Waals surface area (Å²) in [6, 6.07) is 10.2. The smallest absolute Gasteiger partial charge is 0.129 e. The van der Waals surface area contributed by atoms with Gasteiger partial charge in [-0.2, -0.15) is 0 Å². The van der Waals surface area contributed by atoms with Crippen LogP contribution >= 0.6 is 0 Å². The van der Waals surface area contributed by atoms with E-state index in [0.717, 1.165) is 18.8 Å². The van der Waals surface area contributed by atoms with Crippen molar-refractivity contribution < 1.29 is 0 Å². The van der Waals surface area contributed by atoms with Crippen LogP contribution in [-0.2, 0) is 6.42 Å². The maximum Gasteiger partial charge on any atom is 0.129 e. The topological polar surface area (TPSA) is 50.7 Å². The fourth-order valence-electron chi connectivity index (χ4n) is 2.12. The molecule has 0 saturated carbocycles. The van der Waals surface area contributed by atoms with Crippen LogP contribution in [0.25, 0.3) is 10.8 Å². The fraction of sp³-hybridized carbons (Fsp3) is 0.133. The van der Waals surface area contributed by atoms with Gasteiger partial charge in [0.25, 0.3) is 0 Å². The molecule has 0 saturated heterocycles. The van der Waals surface area contributed by atoms with Crippen molar-refractivity contribution in [1.29, 1.82) is 0 Å². The minimum absolute atomic E-state index is 0.838. The lowest BCUT2D eigenvalue weighted by molar-refractivity contribution is 1.01. The number of nitrogens with zero attached hydrogens (tertiary/aromatic N) is 3. The normalized spacial score (nSPS) is 10.5. The third-order valence-electron chi connectivity index (χ3n) is 3.06. The second-order valence-corrected chi connectivity index (χ2v) is 4.29. The first-order valence-corrected chi connectivity index (χ1v) is 6.25. The molecule has 1 N–H and O–H groups in total. The molecule has 3 rings (SSSR count). The second-order valence-electron chi connectivity index (χ2n) is 4.29. The highest BCUT2D eigenvalue weighted by Crippen LogP contribution is 2.17. The van der Waals surface area contributed by atoms with E-state index in [1.165, 1.54) is 16.3 Å². The van der Waals surface area contributed by atoms with E-state index in [0.29, 0.717) is 0 Å². The quantitative estimate of drug-likeness (QED) is 0.773. The summed E-state index contributed by atoms with van der Waals surface area (Å²) >= 11 is 0. The van der Waals surface area contributed by atoms with E-state index in [1.807, 2.05) is 24.5 Å². The molecule has 1 aromatic carbocycles. The Morgan fingerprint density at radius 1 is 1.00 bits per heavy atom. The first kappa shape index (κ1) is 11.6.